The van der Waals surface area contributed by atoms with E-state index in [1.54, 1.807) is 7.11 Å². The molecule has 0 aromatic carbocycles. The number of halogens is 1. The van der Waals surface area contributed by atoms with E-state index in [0.717, 1.165) is 16.0 Å². The zero-order valence-corrected chi connectivity index (χ0v) is 10.9. The first-order chi connectivity index (χ1) is 7.22. The Balaban J connectivity index is 2.36. The van der Waals surface area contributed by atoms with Gasteiger partial charge in [-0.1, -0.05) is 18.6 Å². The lowest BCUT2D eigenvalue weighted by Crippen LogP contribution is -2.14. The summed E-state index contributed by atoms with van der Waals surface area (Å²) in [6.45, 7) is 0.534. The molecule has 0 unspecified atom stereocenters. The second kappa shape index (κ2) is 4.72. The van der Waals surface area contributed by atoms with Crippen molar-refractivity contribution < 1.29 is 4.74 Å². The molecule has 1 fully saturated rings. The molecule has 1 aliphatic carbocycles. The Labute approximate surface area is 102 Å². The summed E-state index contributed by atoms with van der Waals surface area (Å²) < 4.78 is 6.59. The third-order valence-electron chi connectivity index (χ3n) is 2.73. The van der Waals surface area contributed by atoms with Crippen LogP contribution in [0.15, 0.2) is 4.47 Å². The summed E-state index contributed by atoms with van der Waals surface area (Å²) in [6, 6.07) is 0. The molecule has 3 nitrogen and oxygen atoms in total. The maximum atomic E-state index is 5.20. The van der Waals surface area contributed by atoms with Crippen molar-refractivity contribution in [2.24, 2.45) is 0 Å². The molecule has 1 aliphatic rings. The van der Waals surface area contributed by atoms with Crippen molar-refractivity contribution in [3.63, 3.8) is 0 Å². The molecule has 5 heteroatoms. The average Bonchev–Trinajstić information content (AvgIpc) is 2.11. The van der Waals surface area contributed by atoms with Crippen LogP contribution < -0.4 is 0 Å². The quantitative estimate of drug-likeness (QED) is 0.867. The third kappa shape index (κ3) is 2.29. The summed E-state index contributed by atoms with van der Waals surface area (Å²) in [4.78, 5) is 7.70. The molecular formula is C10H13BrN2OS. The second-order valence-corrected chi connectivity index (χ2v) is 4.96. The molecule has 1 saturated carbocycles. The third-order valence-corrected chi connectivity index (χ3v) is 4.15. The molecule has 15 heavy (non-hydrogen) atoms. The number of nitrogens with zero attached hydrogens (tertiary/aromatic N) is 1. The van der Waals surface area contributed by atoms with Gasteiger partial charge >= 0.3 is 0 Å². The number of aromatic nitrogens is 2. The Hall–Kier alpha value is -0.260. The van der Waals surface area contributed by atoms with E-state index >= 15 is 0 Å². The highest BCUT2D eigenvalue weighted by molar-refractivity contribution is 9.10. The van der Waals surface area contributed by atoms with Gasteiger partial charge in [0, 0.05) is 13.0 Å². The van der Waals surface area contributed by atoms with E-state index in [2.05, 4.69) is 25.9 Å². The largest absolute Gasteiger partial charge is 0.378 e. The van der Waals surface area contributed by atoms with E-state index in [0.29, 0.717) is 17.2 Å². The summed E-state index contributed by atoms with van der Waals surface area (Å²) in [5.74, 6) is 1.58. The van der Waals surface area contributed by atoms with Crippen LogP contribution in [0, 0.1) is 4.64 Å². The first-order valence-electron chi connectivity index (χ1n) is 5.00. The normalized spacial score (nSPS) is 16.4. The maximum Gasteiger partial charge on any atom is 0.144 e. The Morgan fingerprint density at radius 3 is 2.87 bits per heavy atom. The predicted octanol–water partition coefficient (Wildman–Crippen LogP) is 3.32. The number of aromatic amines is 1. The van der Waals surface area contributed by atoms with Gasteiger partial charge in [0.25, 0.3) is 0 Å². The van der Waals surface area contributed by atoms with Crippen LogP contribution >= 0.6 is 28.1 Å². The van der Waals surface area contributed by atoms with E-state index in [9.17, 15) is 0 Å². The molecule has 0 atom stereocenters. The smallest absolute Gasteiger partial charge is 0.144 e. The van der Waals surface area contributed by atoms with Crippen molar-refractivity contribution in [1.29, 1.82) is 0 Å². The van der Waals surface area contributed by atoms with Gasteiger partial charge in [-0.25, -0.2) is 4.98 Å². The molecular weight excluding hydrogens is 276 g/mol. The van der Waals surface area contributed by atoms with E-state index in [4.69, 9.17) is 17.0 Å². The fourth-order valence-electron chi connectivity index (χ4n) is 1.64. The Kier molecular flexibility index (Phi) is 3.53. The van der Waals surface area contributed by atoms with Crippen molar-refractivity contribution in [1.82, 2.24) is 9.97 Å². The van der Waals surface area contributed by atoms with Gasteiger partial charge in [0.2, 0.25) is 0 Å². The zero-order valence-electron chi connectivity index (χ0n) is 8.55. The molecule has 0 spiro atoms. The van der Waals surface area contributed by atoms with Gasteiger partial charge in [0.1, 0.15) is 10.5 Å². The molecule has 1 aromatic heterocycles. The fraction of sp³-hybridized carbons (Fsp3) is 0.600. The molecule has 82 valence electrons. The Morgan fingerprint density at radius 2 is 2.33 bits per heavy atom. The molecule has 0 radical (unpaired) electrons. The minimum absolute atomic E-state index is 0.534. The number of ether oxygens (including phenoxy) is 1. The minimum atomic E-state index is 0.534. The number of rotatable bonds is 3. The zero-order chi connectivity index (χ0) is 10.8. The molecule has 1 N–H and O–H groups in total. The lowest BCUT2D eigenvalue weighted by atomic mass is 9.85. The van der Waals surface area contributed by atoms with E-state index in [-0.39, 0.29) is 0 Å². The van der Waals surface area contributed by atoms with Crippen LogP contribution in [0.1, 0.15) is 36.7 Å². The predicted molar refractivity (Wildman–Crippen MR) is 64.4 cm³/mol. The summed E-state index contributed by atoms with van der Waals surface area (Å²) in [5.41, 5.74) is 0.986. The van der Waals surface area contributed by atoms with Crippen LogP contribution in [0.5, 0.6) is 0 Å². The lowest BCUT2D eigenvalue weighted by molar-refractivity contribution is 0.180. The summed E-state index contributed by atoms with van der Waals surface area (Å²) >= 11 is 8.63. The Bertz CT molecular complexity index is 414. The van der Waals surface area contributed by atoms with Crippen LogP contribution in [-0.4, -0.2) is 17.1 Å². The topological polar surface area (TPSA) is 37.9 Å². The van der Waals surface area contributed by atoms with Crippen LogP contribution in [0.2, 0.25) is 0 Å². The number of methoxy groups -OCH3 is 1. The first kappa shape index (κ1) is 11.2. The highest BCUT2D eigenvalue weighted by Crippen LogP contribution is 2.35. The van der Waals surface area contributed by atoms with Gasteiger partial charge in [0.15, 0.2) is 0 Å². The van der Waals surface area contributed by atoms with E-state index in [1.165, 1.54) is 19.3 Å². The molecule has 0 bridgehead atoms. The number of H-pyrrole nitrogens is 1. The summed E-state index contributed by atoms with van der Waals surface area (Å²) in [7, 11) is 1.67. The van der Waals surface area contributed by atoms with E-state index in [1.807, 2.05) is 0 Å². The standard InChI is InChI=1S/C10H13BrN2OS/c1-14-5-7-8(11)10(15)13-9(12-7)6-3-2-4-6/h6H,2-5H2,1H3,(H,12,13,15). The van der Waals surface area contributed by atoms with Crippen molar-refractivity contribution in [2.45, 2.75) is 31.8 Å². The molecule has 0 saturated heterocycles. The fourth-order valence-corrected chi connectivity index (χ4v) is 2.17. The average molecular weight is 289 g/mol. The van der Waals surface area contributed by atoms with Crippen LogP contribution in [0.3, 0.4) is 0 Å². The van der Waals surface area contributed by atoms with Gasteiger partial charge in [-0.05, 0) is 28.8 Å². The van der Waals surface area contributed by atoms with Crippen molar-refractivity contribution >= 4 is 28.1 Å². The highest BCUT2D eigenvalue weighted by Gasteiger charge is 2.22. The second-order valence-electron chi connectivity index (χ2n) is 3.78. The molecule has 0 aliphatic heterocycles. The number of hydrogen-bond acceptors (Lipinski definition) is 3. The van der Waals surface area contributed by atoms with Crippen molar-refractivity contribution in [2.75, 3.05) is 7.11 Å². The first-order valence-corrected chi connectivity index (χ1v) is 6.20. The van der Waals surface area contributed by atoms with Crippen LogP contribution in [0.4, 0.5) is 0 Å². The van der Waals surface area contributed by atoms with Crippen LogP contribution in [0.25, 0.3) is 0 Å². The lowest BCUT2D eigenvalue weighted by Gasteiger charge is -2.25. The SMILES string of the molecule is COCc1[nH]c(C2CCC2)nc(=S)c1Br. The van der Waals surface area contributed by atoms with Gasteiger partial charge < -0.3 is 9.72 Å². The van der Waals surface area contributed by atoms with Gasteiger partial charge in [-0.3, -0.25) is 0 Å². The van der Waals surface area contributed by atoms with Gasteiger partial charge in [-0.15, -0.1) is 0 Å². The molecule has 0 amide bonds. The minimum Gasteiger partial charge on any atom is -0.378 e. The molecule has 1 heterocycles. The maximum absolute atomic E-state index is 5.20. The highest BCUT2D eigenvalue weighted by atomic mass is 79.9. The van der Waals surface area contributed by atoms with E-state index < -0.39 is 0 Å². The van der Waals surface area contributed by atoms with Crippen LogP contribution in [-0.2, 0) is 11.3 Å². The van der Waals surface area contributed by atoms with Crippen molar-refractivity contribution in [3.8, 4) is 0 Å². The Morgan fingerprint density at radius 1 is 1.60 bits per heavy atom. The molecule has 2 rings (SSSR count). The van der Waals surface area contributed by atoms with Gasteiger partial charge in [-0.2, -0.15) is 0 Å². The number of nitrogens with one attached hydrogen (secondary N) is 1. The summed E-state index contributed by atoms with van der Waals surface area (Å²) in [5, 5.41) is 0. The van der Waals surface area contributed by atoms with Crippen molar-refractivity contribution in [3.05, 3.63) is 20.6 Å². The van der Waals surface area contributed by atoms with Gasteiger partial charge in [0.05, 0.1) is 16.8 Å². The molecule has 1 aromatic rings. The monoisotopic (exact) mass is 288 g/mol. The summed E-state index contributed by atoms with van der Waals surface area (Å²) in [6.07, 6.45) is 3.72. The number of hydrogen-bond donors (Lipinski definition) is 1.